The summed E-state index contributed by atoms with van der Waals surface area (Å²) in [4.78, 5) is 4.41. The quantitative estimate of drug-likeness (QED) is 0.647. The zero-order valence-electron chi connectivity index (χ0n) is 11.6. The lowest BCUT2D eigenvalue weighted by molar-refractivity contribution is 0.623. The summed E-state index contributed by atoms with van der Waals surface area (Å²) in [5, 5.41) is 5.00. The van der Waals surface area contributed by atoms with Crippen LogP contribution in [0.2, 0.25) is 0 Å². The number of nitrogens with zero attached hydrogens (tertiary/aromatic N) is 3. The van der Waals surface area contributed by atoms with Crippen LogP contribution in [-0.2, 0) is 0 Å². The predicted octanol–water partition coefficient (Wildman–Crippen LogP) is 4.66. The van der Waals surface area contributed by atoms with E-state index in [9.17, 15) is 4.39 Å². The van der Waals surface area contributed by atoms with E-state index in [-0.39, 0.29) is 5.82 Å². The first kappa shape index (κ1) is 14.7. The van der Waals surface area contributed by atoms with Crippen molar-refractivity contribution in [3.63, 3.8) is 0 Å². The van der Waals surface area contributed by atoms with E-state index in [2.05, 4.69) is 26.0 Å². The maximum absolute atomic E-state index is 13.4. The molecule has 20 heavy (non-hydrogen) atoms. The normalized spacial score (nSPS) is 10.2. The highest BCUT2D eigenvalue weighted by Gasteiger charge is 2.09. The fourth-order valence-electron chi connectivity index (χ4n) is 1.85. The van der Waals surface area contributed by atoms with Gasteiger partial charge < -0.3 is 0 Å². The molecule has 2 aromatic heterocycles. The van der Waals surface area contributed by atoms with Crippen molar-refractivity contribution >= 4 is 26.8 Å². The Labute approximate surface area is 125 Å². The largest absolute Gasteiger partial charge is 0.234 e. The molecule has 2 heterocycles. The molecule has 0 saturated carbocycles. The Balaban J connectivity index is 0.000000704. The van der Waals surface area contributed by atoms with Crippen LogP contribution >= 0.6 is 15.9 Å². The van der Waals surface area contributed by atoms with Crippen molar-refractivity contribution in [2.75, 3.05) is 0 Å². The highest BCUT2D eigenvalue weighted by molar-refractivity contribution is 9.10. The zero-order valence-corrected chi connectivity index (χ0v) is 13.1. The molecule has 0 atom stereocenters. The molecule has 0 aliphatic heterocycles. The van der Waals surface area contributed by atoms with Gasteiger partial charge in [-0.3, -0.25) is 0 Å². The van der Waals surface area contributed by atoms with Gasteiger partial charge in [0.2, 0.25) is 0 Å². The van der Waals surface area contributed by atoms with E-state index in [1.165, 1.54) is 6.07 Å². The minimum atomic E-state index is -0.292. The molecule has 0 aliphatic carbocycles. The lowest BCUT2D eigenvalue weighted by atomic mass is 10.2. The first-order valence-corrected chi connectivity index (χ1v) is 7.21. The third-order valence-corrected chi connectivity index (χ3v) is 3.31. The van der Waals surface area contributed by atoms with Crippen LogP contribution in [0, 0.1) is 12.7 Å². The fourth-order valence-corrected chi connectivity index (χ4v) is 2.18. The van der Waals surface area contributed by atoms with Gasteiger partial charge in [-0.2, -0.15) is 5.10 Å². The number of fused-ring (bicyclic) bond motifs is 1. The molecular weight excluding hydrogens is 321 g/mol. The van der Waals surface area contributed by atoms with Crippen LogP contribution < -0.4 is 0 Å². The van der Waals surface area contributed by atoms with Crippen LogP contribution in [-0.4, -0.2) is 14.8 Å². The lowest BCUT2D eigenvalue weighted by Gasteiger charge is -2.04. The molecule has 3 aromatic rings. The van der Waals surface area contributed by atoms with Crippen LogP contribution in [0.25, 0.3) is 16.7 Å². The van der Waals surface area contributed by atoms with Crippen molar-refractivity contribution in [1.29, 1.82) is 0 Å². The van der Waals surface area contributed by atoms with Crippen molar-refractivity contribution in [2.45, 2.75) is 20.8 Å². The number of halogens is 2. The van der Waals surface area contributed by atoms with Gasteiger partial charge in [0.1, 0.15) is 5.82 Å². The first-order valence-electron chi connectivity index (χ1n) is 6.42. The van der Waals surface area contributed by atoms with Crippen LogP contribution in [0.1, 0.15) is 19.5 Å². The minimum absolute atomic E-state index is 0.292. The van der Waals surface area contributed by atoms with Gasteiger partial charge in [-0.25, -0.2) is 14.1 Å². The summed E-state index contributed by atoms with van der Waals surface area (Å²) in [6.45, 7) is 5.92. The van der Waals surface area contributed by atoms with E-state index < -0.39 is 0 Å². The molecular formula is C15H15BrFN3. The molecule has 3 nitrogen and oxygen atoms in total. The number of benzene rings is 1. The van der Waals surface area contributed by atoms with E-state index in [0.29, 0.717) is 4.47 Å². The average Bonchev–Trinajstić information content (AvgIpc) is 2.84. The van der Waals surface area contributed by atoms with E-state index in [1.807, 2.05) is 39.0 Å². The molecule has 3 rings (SSSR count). The van der Waals surface area contributed by atoms with Crippen LogP contribution in [0.3, 0.4) is 0 Å². The summed E-state index contributed by atoms with van der Waals surface area (Å²) in [7, 11) is 0. The summed E-state index contributed by atoms with van der Waals surface area (Å²) in [6, 6.07) is 8.88. The molecule has 1 aromatic carbocycles. The smallest absolute Gasteiger partial charge is 0.154 e. The van der Waals surface area contributed by atoms with E-state index in [0.717, 1.165) is 22.4 Å². The Morgan fingerprint density at radius 2 is 1.95 bits per heavy atom. The average molecular weight is 336 g/mol. The van der Waals surface area contributed by atoms with Crippen molar-refractivity contribution in [3.8, 4) is 5.82 Å². The van der Waals surface area contributed by atoms with Crippen molar-refractivity contribution in [1.82, 2.24) is 14.8 Å². The van der Waals surface area contributed by atoms with Crippen LogP contribution in [0.5, 0.6) is 0 Å². The van der Waals surface area contributed by atoms with Crippen LogP contribution in [0.4, 0.5) is 4.39 Å². The van der Waals surface area contributed by atoms with Gasteiger partial charge in [-0.1, -0.05) is 19.9 Å². The second-order valence-electron chi connectivity index (χ2n) is 4.02. The van der Waals surface area contributed by atoms with Crippen molar-refractivity contribution in [2.24, 2.45) is 0 Å². The molecule has 0 saturated heterocycles. The Kier molecular flexibility index (Phi) is 4.49. The van der Waals surface area contributed by atoms with Gasteiger partial charge in [0.25, 0.3) is 0 Å². The maximum Gasteiger partial charge on any atom is 0.154 e. The number of pyridine rings is 1. The molecule has 0 spiro atoms. The van der Waals surface area contributed by atoms with Gasteiger partial charge in [-0.05, 0) is 47.1 Å². The highest BCUT2D eigenvalue weighted by Crippen LogP contribution is 2.24. The van der Waals surface area contributed by atoms with Gasteiger partial charge in [0.15, 0.2) is 5.82 Å². The molecule has 0 amide bonds. The molecule has 0 N–H and O–H groups in total. The van der Waals surface area contributed by atoms with Crippen molar-refractivity contribution < 1.29 is 4.39 Å². The molecule has 104 valence electrons. The van der Waals surface area contributed by atoms with E-state index in [4.69, 9.17) is 0 Å². The summed E-state index contributed by atoms with van der Waals surface area (Å²) >= 11 is 3.19. The maximum atomic E-state index is 13.4. The molecule has 5 heteroatoms. The molecule has 0 radical (unpaired) electrons. The number of hydrogen-bond donors (Lipinski definition) is 0. The van der Waals surface area contributed by atoms with Gasteiger partial charge in [-0.15, -0.1) is 0 Å². The second-order valence-corrected chi connectivity index (χ2v) is 4.87. The first-order chi connectivity index (χ1) is 9.65. The Morgan fingerprint density at radius 1 is 1.20 bits per heavy atom. The highest BCUT2D eigenvalue weighted by atomic mass is 79.9. The standard InChI is InChI=1S/C13H9BrFN3.C2H6/c1-8-3-2-4-13(17-8)18-12-6-10(14)11(15)5-9(12)7-16-18;1-2/h2-7H,1H3;1-2H3. The number of rotatable bonds is 1. The molecule has 0 unspecified atom stereocenters. The minimum Gasteiger partial charge on any atom is -0.234 e. The third-order valence-electron chi connectivity index (χ3n) is 2.70. The number of hydrogen-bond acceptors (Lipinski definition) is 2. The van der Waals surface area contributed by atoms with Crippen LogP contribution in [0.15, 0.2) is 41.0 Å². The molecule has 0 fully saturated rings. The lowest BCUT2D eigenvalue weighted by Crippen LogP contribution is -2.00. The topological polar surface area (TPSA) is 30.7 Å². The zero-order chi connectivity index (χ0) is 14.7. The number of aryl methyl sites for hydroxylation is 1. The summed E-state index contributed by atoms with van der Waals surface area (Å²) in [6.07, 6.45) is 1.63. The summed E-state index contributed by atoms with van der Waals surface area (Å²) < 4.78 is 15.5. The molecule has 0 aliphatic rings. The Hall–Kier alpha value is -1.75. The predicted molar refractivity (Wildman–Crippen MR) is 82.6 cm³/mol. The van der Waals surface area contributed by atoms with Gasteiger partial charge in [0.05, 0.1) is 16.2 Å². The fraction of sp³-hybridized carbons (Fsp3) is 0.200. The third kappa shape index (κ3) is 2.72. The Bertz CT molecular complexity index is 737. The SMILES string of the molecule is CC.Cc1cccc(-n2ncc3cc(F)c(Br)cc32)n1. The summed E-state index contributed by atoms with van der Waals surface area (Å²) in [5.74, 6) is 0.433. The Morgan fingerprint density at radius 3 is 2.65 bits per heavy atom. The van der Waals surface area contributed by atoms with E-state index in [1.54, 1.807) is 16.9 Å². The molecule has 0 bridgehead atoms. The van der Waals surface area contributed by atoms with Gasteiger partial charge in [0, 0.05) is 11.1 Å². The summed E-state index contributed by atoms with van der Waals surface area (Å²) in [5.41, 5.74) is 1.73. The van der Waals surface area contributed by atoms with E-state index >= 15 is 0 Å². The monoisotopic (exact) mass is 335 g/mol. The second kappa shape index (κ2) is 6.13. The number of aromatic nitrogens is 3. The van der Waals surface area contributed by atoms with Gasteiger partial charge >= 0.3 is 0 Å². The van der Waals surface area contributed by atoms with Crippen molar-refractivity contribution in [3.05, 3.63) is 52.5 Å².